The fraction of sp³-hybridized carbons (Fsp3) is 0.571. The molecule has 0 aromatic heterocycles. The van der Waals surface area contributed by atoms with Crippen LogP contribution in [0, 0.1) is 0 Å². The molecule has 42 heavy (non-hydrogen) atoms. The van der Waals surface area contributed by atoms with Gasteiger partial charge in [0, 0.05) is 11.1 Å². The van der Waals surface area contributed by atoms with Gasteiger partial charge in [-0.3, -0.25) is 19.6 Å². The van der Waals surface area contributed by atoms with E-state index in [1.807, 2.05) is 65.8 Å². The molecule has 14 heteroatoms. The van der Waals surface area contributed by atoms with Gasteiger partial charge in [-0.05, 0) is 44.9 Å². The van der Waals surface area contributed by atoms with Crippen LogP contribution in [0.1, 0.15) is 105 Å². The molecule has 240 valence electrons. The normalized spacial score (nSPS) is 12.2. The molecular weight excluding hydrogens is 601 g/mol. The molecule has 0 spiro atoms. The van der Waals surface area contributed by atoms with Crippen LogP contribution in [0.2, 0.25) is 0 Å². The van der Waals surface area contributed by atoms with Crippen molar-refractivity contribution in [3.8, 4) is 11.5 Å². The van der Waals surface area contributed by atoms with Crippen molar-refractivity contribution in [3.05, 3.63) is 58.7 Å². The molecule has 0 saturated heterocycles. The third kappa shape index (κ3) is 16.0. The predicted octanol–water partition coefficient (Wildman–Crippen LogP) is 6.60. The SMILES string of the molecule is CC(C)(C)c1ccc(OP(=O)(O)O)c(C(C)(C)C)c1.CC(C)(C)c1ccc(OP(=O)(O)O)c(C(C)(C)C)c1.[Al+3].[OH-].[OH-].[OH-]. The van der Waals surface area contributed by atoms with Gasteiger partial charge in [-0.15, -0.1) is 0 Å². The zero-order valence-electron chi connectivity index (χ0n) is 26.7. The summed E-state index contributed by atoms with van der Waals surface area (Å²) in [4.78, 5) is 35.9. The maximum atomic E-state index is 11.0. The van der Waals surface area contributed by atoms with Gasteiger partial charge in [0.1, 0.15) is 11.5 Å². The Balaban J connectivity index is -0.000000314. The molecule has 0 saturated carbocycles. The summed E-state index contributed by atoms with van der Waals surface area (Å²) in [5.41, 5.74) is 3.23. The molecule has 2 rings (SSSR count). The monoisotopic (exact) mass is 650 g/mol. The maximum absolute atomic E-state index is 11.0. The van der Waals surface area contributed by atoms with Crippen LogP contribution in [0.4, 0.5) is 0 Å². The number of phosphoric ester groups is 2. The van der Waals surface area contributed by atoms with Crippen LogP contribution in [0.3, 0.4) is 0 Å². The van der Waals surface area contributed by atoms with Gasteiger partial charge in [-0.25, -0.2) is 9.13 Å². The third-order valence-electron chi connectivity index (χ3n) is 5.74. The smallest absolute Gasteiger partial charge is 0.870 e. The molecule has 2 aromatic carbocycles. The summed E-state index contributed by atoms with van der Waals surface area (Å²) in [5.74, 6) is 0.489. The third-order valence-corrected chi connectivity index (χ3v) is 6.61. The summed E-state index contributed by atoms with van der Waals surface area (Å²) in [6, 6.07) is 10.9. The van der Waals surface area contributed by atoms with Crippen LogP contribution in [0.5, 0.6) is 11.5 Å². The first-order chi connectivity index (χ1) is 16.6. The molecule has 0 atom stereocenters. The van der Waals surface area contributed by atoms with Crippen molar-refractivity contribution >= 4 is 33.0 Å². The largest absolute Gasteiger partial charge is 3.00 e. The van der Waals surface area contributed by atoms with E-state index in [1.54, 1.807) is 12.1 Å². The first-order valence-electron chi connectivity index (χ1n) is 12.4. The van der Waals surface area contributed by atoms with Crippen LogP contribution >= 0.6 is 15.6 Å². The van der Waals surface area contributed by atoms with Crippen LogP contribution in [0.25, 0.3) is 0 Å². The second kappa shape index (κ2) is 16.2. The number of rotatable bonds is 4. The zero-order chi connectivity index (χ0) is 30.1. The number of phosphoric acid groups is 2. The first-order valence-corrected chi connectivity index (χ1v) is 15.5. The average molecular weight is 651 g/mol. The Morgan fingerprint density at radius 2 is 0.738 bits per heavy atom. The first kappa shape index (κ1) is 47.7. The molecule has 0 aliphatic heterocycles. The summed E-state index contributed by atoms with van der Waals surface area (Å²) in [5, 5.41) is 0. The van der Waals surface area contributed by atoms with Crippen LogP contribution in [-0.2, 0) is 30.8 Å². The summed E-state index contributed by atoms with van der Waals surface area (Å²) < 4.78 is 31.7. The number of hydrogen-bond acceptors (Lipinski definition) is 7. The molecule has 0 amide bonds. The Hall–Kier alpha value is -1.25. The second-order valence-electron chi connectivity index (χ2n) is 13.6. The van der Waals surface area contributed by atoms with Crippen LogP contribution in [0.15, 0.2) is 36.4 Å². The van der Waals surface area contributed by atoms with Crippen LogP contribution < -0.4 is 9.05 Å². The van der Waals surface area contributed by atoms with Gasteiger partial charge >= 0.3 is 33.0 Å². The second-order valence-corrected chi connectivity index (χ2v) is 15.9. The van der Waals surface area contributed by atoms with Gasteiger partial charge in [0.15, 0.2) is 0 Å². The van der Waals surface area contributed by atoms with E-state index in [1.165, 1.54) is 0 Å². The van der Waals surface area contributed by atoms with E-state index in [-0.39, 0.29) is 66.9 Å². The molecule has 0 aliphatic carbocycles. The number of hydrogen-bond donors (Lipinski definition) is 4. The minimum absolute atomic E-state index is 0. The number of benzene rings is 2. The fourth-order valence-electron chi connectivity index (χ4n) is 3.58. The van der Waals surface area contributed by atoms with Crippen molar-refractivity contribution in [1.82, 2.24) is 0 Å². The van der Waals surface area contributed by atoms with Crippen molar-refractivity contribution in [2.75, 3.05) is 0 Å². The van der Waals surface area contributed by atoms with Crippen molar-refractivity contribution in [1.29, 1.82) is 0 Å². The minimum atomic E-state index is -4.54. The topological polar surface area (TPSA) is 224 Å². The Labute approximate surface area is 261 Å². The van der Waals surface area contributed by atoms with Crippen molar-refractivity contribution in [2.24, 2.45) is 0 Å². The Morgan fingerprint density at radius 1 is 0.500 bits per heavy atom. The van der Waals surface area contributed by atoms with E-state index in [9.17, 15) is 9.13 Å². The van der Waals surface area contributed by atoms with Crippen molar-refractivity contribution < 1.29 is 54.2 Å². The van der Waals surface area contributed by atoms with E-state index >= 15 is 0 Å². The molecule has 11 nitrogen and oxygen atoms in total. The van der Waals surface area contributed by atoms with Gasteiger partial charge in [0.25, 0.3) is 0 Å². The van der Waals surface area contributed by atoms with Gasteiger partial charge in [0.2, 0.25) is 0 Å². The van der Waals surface area contributed by atoms with Gasteiger partial charge in [0.05, 0.1) is 0 Å². The Morgan fingerprint density at radius 3 is 0.905 bits per heavy atom. The van der Waals surface area contributed by atoms with E-state index in [4.69, 9.17) is 28.6 Å². The average Bonchev–Trinajstić information content (AvgIpc) is 2.63. The molecular formula is C28H49AlO11P2. The zero-order valence-corrected chi connectivity index (χ0v) is 29.6. The van der Waals surface area contributed by atoms with E-state index in [2.05, 4.69) is 41.5 Å². The minimum Gasteiger partial charge on any atom is -0.870 e. The summed E-state index contributed by atoms with van der Waals surface area (Å²) in [6.07, 6.45) is 0. The quantitative estimate of drug-likeness (QED) is 0.204. The van der Waals surface area contributed by atoms with E-state index in [0.29, 0.717) is 0 Å². The van der Waals surface area contributed by atoms with Gasteiger partial charge < -0.3 is 25.5 Å². The molecule has 0 radical (unpaired) electrons. The van der Waals surface area contributed by atoms with Crippen molar-refractivity contribution in [3.63, 3.8) is 0 Å². The summed E-state index contributed by atoms with van der Waals surface area (Å²) >= 11 is 0. The fourth-order valence-corrected chi connectivity index (χ4v) is 4.41. The molecule has 0 bridgehead atoms. The maximum Gasteiger partial charge on any atom is 3.00 e. The van der Waals surface area contributed by atoms with Gasteiger partial charge in [-0.1, -0.05) is 107 Å². The predicted molar refractivity (Wildman–Crippen MR) is 165 cm³/mol. The van der Waals surface area contributed by atoms with E-state index < -0.39 is 15.6 Å². The molecule has 2 aromatic rings. The van der Waals surface area contributed by atoms with Gasteiger partial charge in [-0.2, -0.15) is 0 Å². The molecule has 0 fully saturated rings. The van der Waals surface area contributed by atoms with Crippen molar-refractivity contribution in [2.45, 2.75) is 105 Å². The molecule has 0 aliphatic rings. The Bertz CT molecular complexity index is 1110. The van der Waals surface area contributed by atoms with Crippen LogP contribution in [-0.4, -0.2) is 53.4 Å². The summed E-state index contributed by atoms with van der Waals surface area (Å²) in [7, 11) is -9.08. The summed E-state index contributed by atoms with van der Waals surface area (Å²) in [6.45, 7) is 24.5. The molecule has 0 unspecified atom stereocenters. The standard InChI is InChI=1S/2C14H23O4P.Al.3H2O/c2*1-13(2,3)10-7-8-12(18-19(15,16)17)11(9-10)14(4,5)6;;;;/h2*7-9H,1-6H3,(H2,15,16,17);;3*1H2/q;;+3;;;/p-3. The molecule has 0 heterocycles. The van der Waals surface area contributed by atoms with E-state index in [0.717, 1.165) is 22.3 Å². The Kier molecular flexibility index (Phi) is 18.4. The molecule has 7 N–H and O–H groups in total.